The number of nitrogens with zero attached hydrogens (tertiary/aromatic N) is 3. The lowest BCUT2D eigenvalue weighted by Gasteiger charge is -2.23. The number of hydrogen-bond donors (Lipinski definition) is 1. The van der Waals surface area contributed by atoms with Crippen molar-refractivity contribution in [1.29, 1.82) is 0 Å². The number of alkyl halides is 2. The van der Waals surface area contributed by atoms with E-state index in [4.69, 9.17) is 32.7 Å². The third-order valence-corrected chi connectivity index (χ3v) is 5.68. The molecule has 0 bridgehead atoms. The Kier molecular flexibility index (Phi) is 5.83. The quantitative estimate of drug-likeness (QED) is 0.527. The van der Waals surface area contributed by atoms with E-state index in [0.717, 1.165) is 4.57 Å². The minimum atomic E-state index is -3.36. The molecule has 0 saturated carbocycles. The first-order valence-corrected chi connectivity index (χ1v) is 10.2. The fourth-order valence-corrected chi connectivity index (χ4v) is 4.17. The number of carboxylic acids is 1. The van der Waals surface area contributed by atoms with Gasteiger partial charge in [0, 0.05) is 23.1 Å². The van der Waals surface area contributed by atoms with Crippen molar-refractivity contribution in [3.05, 3.63) is 69.2 Å². The van der Waals surface area contributed by atoms with E-state index in [2.05, 4.69) is 10.2 Å². The summed E-state index contributed by atoms with van der Waals surface area (Å²) in [5.41, 5.74) is 1.13. The maximum Gasteiger partial charge on any atom is 0.306 e. The topological polar surface area (TPSA) is 86.5 Å². The molecule has 2 atom stereocenters. The zero-order valence-corrected chi connectivity index (χ0v) is 18.4. The number of methoxy groups -OCH3 is 1. The Morgan fingerprint density at radius 3 is 2.66 bits per heavy atom. The second-order valence-corrected chi connectivity index (χ2v) is 8.09. The van der Waals surface area contributed by atoms with E-state index in [-0.39, 0.29) is 16.5 Å². The fraction of sp³-hybridized carbons (Fsp3) is 0.286. The molecular weight excluding hydrogens is 467 g/mol. The Labute approximate surface area is 191 Å². The highest BCUT2D eigenvalue weighted by Crippen LogP contribution is 2.46. The number of benzene rings is 2. The zero-order valence-electron chi connectivity index (χ0n) is 16.9. The van der Waals surface area contributed by atoms with Gasteiger partial charge in [-0.15, -0.1) is 10.2 Å². The van der Waals surface area contributed by atoms with Crippen LogP contribution in [0.1, 0.15) is 48.3 Å². The Morgan fingerprint density at radius 1 is 1.25 bits per heavy atom. The van der Waals surface area contributed by atoms with Crippen molar-refractivity contribution in [2.24, 2.45) is 0 Å². The third-order valence-electron chi connectivity index (χ3n) is 5.04. The minimum absolute atomic E-state index is 0.0611. The molecule has 0 spiro atoms. The number of halogens is 4. The lowest BCUT2D eigenvalue weighted by molar-refractivity contribution is -0.141. The summed E-state index contributed by atoms with van der Waals surface area (Å²) in [6, 6.07) is 9.65. The van der Waals surface area contributed by atoms with Crippen molar-refractivity contribution in [2.45, 2.75) is 31.5 Å². The number of rotatable bonds is 5. The number of carboxylic acid groups (broad SMARTS) is 1. The number of ether oxygens (including phenoxy) is 2. The molecule has 1 aliphatic rings. The lowest BCUT2D eigenvalue weighted by atomic mass is 9.99. The van der Waals surface area contributed by atoms with Gasteiger partial charge in [0.1, 0.15) is 18.0 Å². The lowest BCUT2D eigenvalue weighted by Crippen LogP contribution is -2.18. The molecular formula is C21H17Cl2F2N3O4. The van der Waals surface area contributed by atoms with Crippen molar-refractivity contribution in [3.63, 3.8) is 0 Å². The van der Waals surface area contributed by atoms with Crippen LogP contribution in [0.2, 0.25) is 10.0 Å². The molecule has 0 saturated heterocycles. The van der Waals surface area contributed by atoms with Gasteiger partial charge in [0.2, 0.25) is 5.82 Å². The van der Waals surface area contributed by atoms with E-state index < -0.39 is 36.3 Å². The molecule has 7 nitrogen and oxygen atoms in total. The summed E-state index contributed by atoms with van der Waals surface area (Å²) in [5.74, 6) is -4.89. The largest absolute Gasteiger partial charge is 0.495 e. The monoisotopic (exact) mass is 483 g/mol. The molecule has 0 fully saturated rings. The summed E-state index contributed by atoms with van der Waals surface area (Å²) < 4.78 is 41.4. The van der Waals surface area contributed by atoms with Crippen LogP contribution in [0.5, 0.6) is 5.75 Å². The summed E-state index contributed by atoms with van der Waals surface area (Å²) in [4.78, 5) is 11.6. The Bertz CT molecular complexity index is 1200. The number of fused-ring (bicyclic) bond motifs is 3. The smallest absolute Gasteiger partial charge is 0.306 e. The first-order chi connectivity index (χ1) is 15.1. The van der Waals surface area contributed by atoms with Crippen LogP contribution in [-0.4, -0.2) is 33.0 Å². The fourth-order valence-electron chi connectivity index (χ4n) is 3.69. The first-order valence-electron chi connectivity index (χ1n) is 9.45. The highest BCUT2D eigenvalue weighted by atomic mass is 35.5. The Balaban J connectivity index is 2.03. The van der Waals surface area contributed by atoms with E-state index in [1.165, 1.54) is 19.2 Å². The van der Waals surface area contributed by atoms with Gasteiger partial charge in [-0.2, -0.15) is 8.78 Å². The van der Waals surface area contributed by atoms with E-state index >= 15 is 0 Å². The van der Waals surface area contributed by atoms with Crippen LogP contribution in [0.4, 0.5) is 8.78 Å². The highest BCUT2D eigenvalue weighted by Gasteiger charge is 2.40. The van der Waals surface area contributed by atoms with E-state index in [1.807, 2.05) is 0 Å². The van der Waals surface area contributed by atoms with Gasteiger partial charge in [0.15, 0.2) is 5.82 Å². The molecule has 2 aromatic carbocycles. The van der Waals surface area contributed by atoms with Gasteiger partial charge in [0.25, 0.3) is 0 Å². The number of aromatic nitrogens is 3. The average Bonchev–Trinajstić information content (AvgIpc) is 3.12. The van der Waals surface area contributed by atoms with Crippen LogP contribution in [-0.2, 0) is 15.5 Å². The Hall–Kier alpha value is -2.75. The second-order valence-electron chi connectivity index (χ2n) is 7.27. The Morgan fingerprint density at radius 2 is 2.00 bits per heavy atom. The summed E-state index contributed by atoms with van der Waals surface area (Å²) >= 11 is 12.8. The molecule has 4 rings (SSSR count). The molecule has 0 unspecified atom stereocenters. The standard InChI is InChI=1S/C21H17Cl2F2N3O4/c1-21(24,25)20-27-26-19-15(9-16(29)30)32-18(11-4-3-5-14(31-2)17(11)23)12-8-10(22)6-7-13(12)28(19)20/h3-8,15,18H,9H2,1-2H3,(H,29,30)/t15-,18-/m0/s1. The van der Waals surface area contributed by atoms with E-state index in [0.29, 0.717) is 28.8 Å². The van der Waals surface area contributed by atoms with Gasteiger partial charge in [-0.25, -0.2) is 0 Å². The van der Waals surface area contributed by atoms with Crippen molar-refractivity contribution >= 4 is 29.2 Å². The van der Waals surface area contributed by atoms with Crippen LogP contribution in [0, 0.1) is 0 Å². The third kappa shape index (κ3) is 3.92. The van der Waals surface area contributed by atoms with Gasteiger partial charge in [-0.05, 0) is 24.3 Å². The van der Waals surface area contributed by atoms with Crippen molar-refractivity contribution < 1.29 is 28.2 Å². The highest BCUT2D eigenvalue weighted by molar-refractivity contribution is 6.33. The number of aliphatic carboxylic acids is 1. The summed E-state index contributed by atoms with van der Waals surface area (Å²) in [6.07, 6.45) is -2.68. The van der Waals surface area contributed by atoms with Gasteiger partial charge in [0.05, 0.1) is 24.2 Å². The summed E-state index contributed by atoms with van der Waals surface area (Å²) in [7, 11) is 1.45. The van der Waals surface area contributed by atoms with Gasteiger partial charge < -0.3 is 14.6 Å². The molecule has 1 N–H and O–H groups in total. The maximum absolute atomic E-state index is 14.4. The van der Waals surface area contributed by atoms with Gasteiger partial charge in [-0.1, -0.05) is 35.3 Å². The second kappa shape index (κ2) is 8.31. The molecule has 168 valence electrons. The molecule has 2 heterocycles. The van der Waals surface area contributed by atoms with Crippen molar-refractivity contribution in [3.8, 4) is 11.4 Å². The predicted octanol–water partition coefficient (Wildman–Crippen LogP) is 5.33. The van der Waals surface area contributed by atoms with Gasteiger partial charge in [-0.3, -0.25) is 9.36 Å². The van der Waals surface area contributed by atoms with E-state index in [1.54, 1.807) is 24.3 Å². The minimum Gasteiger partial charge on any atom is -0.495 e. The molecule has 1 aliphatic heterocycles. The van der Waals surface area contributed by atoms with Crippen LogP contribution in [0.3, 0.4) is 0 Å². The predicted molar refractivity (Wildman–Crippen MR) is 112 cm³/mol. The summed E-state index contributed by atoms with van der Waals surface area (Å²) in [5, 5.41) is 17.5. The molecule has 11 heteroatoms. The average molecular weight is 484 g/mol. The van der Waals surface area contributed by atoms with E-state index in [9.17, 15) is 18.7 Å². The molecule has 0 radical (unpaired) electrons. The number of hydrogen-bond acceptors (Lipinski definition) is 5. The first kappa shape index (κ1) is 22.4. The molecule has 3 aromatic rings. The maximum atomic E-state index is 14.4. The summed E-state index contributed by atoms with van der Waals surface area (Å²) in [6.45, 7) is 0.689. The van der Waals surface area contributed by atoms with Crippen LogP contribution in [0.25, 0.3) is 5.69 Å². The van der Waals surface area contributed by atoms with Crippen molar-refractivity contribution in [2.75, 3.05) is 7.11 Å². The van der Waals surface area contributed by atoms with Gasteiger partial charge >= 0.3 is 11.9 Å². The van der Waals surface area contributed by atoms with Crippen molar-refractivity contribution in [1.82, 2.24) is 14.8 Å². The normalized spacial score (nSPS) is 17.9. The van der Waals surface area contributed by atoms with Crippen LogP contribution < -0.4 is 4.74 Å². The van der Waals surface area contributed by atoms with Crippen LogP contribution in [0.15, 0.2) is 36.4 Å². The molecule has 32 heavy (non-hydrogen) atoms. The number of carbonyl (C=O) groups is 1. The molecule has 1 aromatic heterocycles. The zero-order chi connectivity index (χ0) is 23.2. The molecule has 0 aliphatic carbocycles. The SMILES string of the molecule is COc1cccc([C@@H]2O[C@@H](CC(=O)O)c3nnc(C(C)(F)F)n3-c3ccc(Cl)cc32)c1Cl. The molecule has 0 amide bonds. The van der Waals surface area contributed by atoms with Crippen LogP contribution >= 0.6 is 23.2 Å².